The molecule has 0 unspecified atom stereocenters. The molecule has 0 aliphatic rings. The molecule has 2 rings (SSSR count). The van der Waals surface area contributed by atoms with Crippen LogP contribution in [0.15, 0.2) is 36.5 Å². The van der Waals surface area contributed by atoms with Crippen LogP contribution in [0.2, 0.25) is 0 Å². The van der Waals surface area contributed by atoms with E-state index in [1.54, 1.807) is 6.20 Å². The smallest absolute Gasteiger partial charge is 0.128 e. The minimum atomic E-state index is 0.651. The van der Waals surface area contributed by atoms with Gasteiger partial charge < -0.3 is 4.74 Å². The van der Waals surface area contributed by atoms with Crippen LogP contribution in [0.4, 0.5) is 0 Å². The van der Waals surface area contributed by atoms with Crippen molar-refractivity contribution in [3.05, 3.63) is 36.5 Å². The maximum absolute atomic E-state index is 5.69. The van der Waals surface area contributed by atoms with Gasteiger partial charge in [0.25, 0.3) is 0 Å². The standard InChI is InChI=1S/C14H13NO/c1-2-3-4-11-16-14-9-5-8-13-12(14)7-6-10-15-13/h1,5-10H,3-4,11H2. The van der Waals surface area contributed by atoms with E-state index in [4.69, 9.17) is 11.2 Å². The largest absolute Gasteiger partial charge is 0.493 e. The molecule has 1 aromatic heterocycles. The Kier molecular flexibility index (Phi) is 3.40. The van der Waals surface area contributed by atoms with Crippen molar-refractivity contribution in [2.75, 3.05) is 6.61 Å². The minimum absolute atomic E-state index is 0.651. The van der Waals surface area contributed by atoms with Gasteiger partial charge in [-0.2, -0.15) is 0 Å². The van der Waals surface area contributed by atoms with Gasteiger partial charge >= 0.3 is 0 Å². The van der Waals surface area contributed by atoms with Gasteiger partial charge in [-0.05, 0) is 30.7 Å². The second-order valence-electron chi connectivity index (χ2n) is 3.48. The Labute approximate surface area is 95.3 Å². The highest BCUT2D eigenvalue weighted by atomic mass is 16.5. The molecule has 0 amide bonds. The molecule has 0 saturated carbocycles. The Hall–Kier alpha value is -2.01. The molecule has 1 aromatic carbocycles. The Morgan fingerprint density at radius 3 is 3.06 bits per heavy atom. The molecule has 0 atom stereocenters. The van der Waals surface area contributed by atoms with Gasteiger partial charge in [0.05, 0.1) is 12.1 Å². The van der Waals surface area contributed by atoms with Crippen molar-refractivity contribution in [1.29, 1.82) is 0 Å². The highest BCUT2D eigenvalue weighted by Crippen LogP contribution is 2.23. The van der Waals surface area contributed by atoms with Crippen molar-refractivity contribution in [3.8, 4) is 18.1 Å². The van der Waals surface area contributed by atoms with E-state index in [9.17, 15) is 0 Å². The topological polar surface area (TPSA) is 22.1 Å². The van der Waals surface area contributed by atoms with Crippen molar-refractivity contribution in [3.63, 3.8) is 0 Å². The molecule has 80 valence electrons. The second-order valence-corrected chi connectivity index (χ2v) is 3.48. The Bertz CT molecular complexity index is 508. The number of hydrogen-bond donors (Lipinski definition) is 0. The predicted octanol–water partition coefficient (Wildman–Crippen LogP) is 3.03. The van der Waals surface area contributed by atoms with Crippen molar-refractivity contribution in [2.24, 2.45) is 0 Å². The van der Waals surface area contributed by atoms with Crippen LogP contribution < -0.4 is 4.74 Å². The fraction of sp³-hybridized carbons (Fsp3) is 0.214. The molecule has 0 aliphatic heterocycles. The fourth-order valence-corrected chi connectivity index (χ4v) is 1.56. The average Bonchev–Trinajstić information content (AvgIpc) is 2.35. The highest BCUT2D eigenvalue weighted by Gasteiger charge is 2.00. The summed E-state index contributed by atoms with van der Waals surface area (Å²) in [7, 11) is 0. The van der Waals surface area contributed by atoms with E-state index in [1.807, 2.05) is 30.3 Å². The minimum Gasteiger partial charge on any atom is -0.493 e. The summed E-state index contributed by atoms with van der Waals surface area (Å²) in [6.07, 6.45) is 8.60. The van der Waals surface area contributed by atoms with Gasteiger partial charge in [-0.1, -0.05) is 6.07 Å². The number of nitrogens with zero attached hydrogens (tertiary/aromatic N) is 1. The molecule has 0 radical (unpaired) electrons. The zero-order valence-electron chi connectivity index (χ0n) is 9.02. The van der Waals surface area contributed by atoms with E-state index < -0.39 is 0 Å². The third-order valence-corrected chi connectivity index (χ3v) is 2.33. The molecule has 2 heteroatoms. The first-order chi connectivity index (χ1) is 7.92. The predicted molar refractivity (Wildman–Crippen MR) is 65.3 cm³/mol. The molecule has 0 N–H and O–H groups in total. The van der Waals surface area contributed by atoms with E-state index in [0.717, 1.165) is 29.5 Å². The van der Waals surface area contributed by atoms with Crippen LogP contribution in [0, 0.1) is 12.3 Å². The first-order valence-corrected chi connectivity index (χ1v) is 5.32. The molecule has 0 fully saturated rings. The number of benzene rings is 1. The zero-order chi connectivity index (χ0) is 11.2. The number of terminal acetylenes is 1. The number of hydrogen-bond acceptors (Lipinski definition) is 2. The van der Waals surface area contributed by atoms with Gasteiger partial charge in [0.15, 0.2) is 0 Å². The van der Waals surface area contributed by atoms with Gasteiger partial charge in [0.1, 0.15) is 5.75 Å². The van der Waals surface area contributed by atoms with Crippen LogP contribution in [0.5, 0.6) is 5.75 Å². The summed E-state index contributed by atoms with van der Waals surface area (Å²) in [4.78, 5) is 4.27. The number of aromatic nitrogens is 1. The lowest BCUT2D eigenvalue weighted by atomic mass is 10.2. The lowest BCUT2D eigenvalue weighted by Gasteiger charge is -2.07. The van der Waals surface area contributed by atoms with Crippen LogP contribution in [-0.4, -0.2) is 11.6 Å². The van der Waals surface area contributed by atoms with Gasteiger partial charge in [0.2, 0.25) is 0 Å². The summed E-state index contributed by atoms with van der Waals surface area (Å²) in [5.41, 5.74) is 0.956. The highest BCUT2D eigenvalue weighted by molar-refractivity contribution is 5.84. The second kappa shape index (κ2) is 5.18. The lowest BCUT2D eigenvalue weighted by molar-refractivity contribution is 0.316. The molecule has 2 aromatic rings. The molecule has 0 saturated heterocycles. The molecule has 0 spiro atoms. The number of pyridine rings is 1. The van der Waals surface area contributed by atoms with Crippen LogP contribution in [-0.2, 0) is 0 Å². The van der Waals surface area contributed by atoms with Crippen LogP contribution in [0.25, 0.3) is 10.9 Å². The van der Waals surface area contributed by atoms with Crippen LogP contribution in [0.1, 0.15) is 12.8 Å². The quantitative estimate of drug-likeness (QED) is 0.573. The van der Waals surface area contributed by atoms with E-state index >= 15 is 0 Å². The normalized spacial score (nSPS) is 9.94. The number of rotatable bonds is 4. The average molecular weight is 211 g/mol. The molecule has 2 nitrogen and oxygen atoms in total. The van der Waals surface area contributed by atoms with E-state index in [0.29, 0.717) is 6.61 Å². The third kappa shape index (κ3) is 2.32. The molecular formula is C14H13NO. The SMILES string of the molecule is C#CCCCOc1cccc2ncccc12. The summed E-state index contributed by atoms with van der Waals surface area (Å²) in [5, 5.41) is 1.05. The summed E-state index contributed by atoms with van der Waals surface area (Å²) < 4.78 is 5.69. The monoisotopic (exact) mass is 211 g/mol. The maximum atomic E-state index is 5.69. The third-order valence-electron chi connectivity index (χ3n) is 2.33. The van der Waals surface area contributed by atoms with E-state index in [2.05, 4.69) is 10.9 Å². The van der Waals surface area contributed by atoms with Crippen molar-refractivity contribution < 1.29 is 4.74 Å². The fourth-order valence-electron chi connectivity index (χ4n) is 1.56. The molecule has 16 heavy (non-hydrogen) atoms. The number of fused-ring (bicyclic) bond motifs is 1. The first kappa shape index (κ1) is 10.5. The Balaban J connectivity index is 2.15. The van der Waals surface area contributed by atoms with Crippen LogP contribution >= 0.6 is 0 Å². The Morgan fingerprint density at radius 2 is 2.19 bits per heavy atom. The van der Waals surface area contributed by atoms with Gasteiger partial charge in [-0.25, -0.2) is 0 Å². The zero-order valence-corrected chi connectivity index (χ0v) is 9.02. The molecule has 0 aliphatic carbocycles. The van der Waals surface area contributed by atoms with Crippen molar-refractivity contribution >= 4 is 10.9 Å². The van der Waals surface area contributed by atoms with Gasteiger partial charge in [-0.15, -0.1) is 12.3 Å². The molecule has 0 bridgehead atoms. The maximum Gasteiger partial charge on any atom is 0.128 e. The van der Waals surface area contributed by atoms with E-state index in [1.165, 1.54) is 0 Å². The molecule has 1 heterocycles. The summed E-state index contributed by atoms with van der Waals surface area (Å²) in [5.74, 6) is 3.48. The summed E-state index contributed by atoms with van der Waals surface area (Å²) in [6, 6.07) is 9.81. The number of ether oxygens (including phenoxy) is 1. The molecular weight excluding hydrogens is 198 g/mol. The number of unbranched alkanes of at least 4 members (excludes halogenated alkanes) is 1. The van der Waals surface area contributed by atoms with Gasteiger partial charge in [0, 0.05) is 18.0 Å². The lowest BCUT2D eigenvalue weighted by Crippen LogP contribution is -1.97. The summed E-state index contributed by atoms with van der Waals surface area (Å²) in [6.45, 7) is 0.651. The van der Waals surface area contributed by atoms with Crippen molar-refractivity contribution in [2.45, 2.75) is 12.8 Å². The van der Waals surface area contributed by atoms with E-state index in [-0.39, 0.29) is 0 Å². The van der Waals surface area contributed by atoms with Crippen LogP contribution in [0.3, 0.4) is 0 Å². The van der Waals surface area contributed by atoms with Gasteiger partial charge in [-0.3, -0.25) is 4.98 Å². The Morgan fingerprint density at radius 1 is 1.25 bits per heavy atom. The first-order valence-electron chi connectivity index (χ1n) is 5.32. The van der Waals surface area contributed by atoms with Crippen molar-refractivity contribution in [1.82, 2.24) is 4.98 Å². The summed E-state index contributed by atoms with van der Waals surface area (Å²) >= 11 is 0.